The number of aryl methyl sites for hydroxylation is 1. The Hall–Kier alpha value is -3.32. The first-order chi connectivity index (χ1) is 14.3. The summed E-state index contributed by atoms with van der Waals surface area (Å²) >= 11 is 0. The molecule has 0 fully saturated rings. The molecule has 0 aliphatic heterocycles. The van der Waals surface area contributed by atoms with E-state index in [0.717, 1.165) is 11.1 Å². The molecule has 0 heterocycles. The molecule has 0 aliphatic rings. The van der Waals surface area contributed by atoms with E-state index in [9.17, 15) is 13.2 Å². The summed E-state index contributed by atoms with van der Waals surface area (Å²) in [5, 5.41) is 2.64. The molecular formula is C23H24N2O4S. The fourth-order valence-electron chi connectivity index (χ4n) is 2.96. The predicted molar refractivity (Wildman–Crippen MR) is 118 cm³/mol. The average Bonchev–Trinajstić information content (AvgIpc) is 2.73. The minimum absolute atomic E-state index is 0.144. The number of benzene rings is 3. The molecule has 6 nitrogen and oxygen atoms in total. The van der Waals surface area contributed by atoms with Crippen LogP contribution in [0.15, 0.2) is 77.7 Å². The zero-order valence-electron chi connectivity index (χ0n) is 17.1. The first kappa shape index (κ1) is 21.4. The Morgan fingerprint density at radius 2 is 1.53 bits per heavy atom. The number of anilines is 2. The smallest absolute Gasteiger partial charge is 0.264 e. The van der Waals surface area contributed by atoms with Crippen molar-refractivity contribution < 1.29 is 17.9 Å². The number of carbonyl (C=O) groups excluding carboxylic acids is 1. The van der Waals surface area contributed by atoms with E-state index in [1.54, 1.807) is 43.5 Å². The zero-order chi connectivity index (χ0) is 21.7. The lowest BCUT2D eigenvalue weighted by molar-refractivity contribution is -0.114. The van der Waals surface area contributed by atoms with Crippen LogP contribution in [0.3, 0.4) is 0 Å². The van der Waals surface area contributed by atoms with E-state index >= 15 is 0 Å². The number of ether oxygens (including phenoxy) is 1. The standard InChI is InChI=1S/C23H24N2O4S/c1-17-4-10-21(11-5-17)25(16-19-6-12-22(29-3)13-7-19)30(27,28)23-14-8-20(9-15-23)24-18(2)26/h4-15H,16H2,1-3H3,(H,24,26). The maximum absolute atomic E-state index is 13.5. The van der Waals surface area contributed by atoms with Crippen molar-refractivity contribution in [1.82, 2.24) is 0 Å². The molecule has 0 radical (unpaired) electrons. The summed E-state index contributed by atoms with van der Waals surface area (Å²) in [7, 11) is -2.25. The molecule has 1 N–H and O–H groups in total. The van der Waals surface area contributed by atoms with Gasteiger partial charge in [-0.1, -0.05) is 29.8 Å². The summed E-state index contributed by atoms with van der Waals surface area (Å²) in [6.45, 7) is 3.52. The van der Waals surface area contributed by atoms with Crippen LogP contribution in [0.4, 0.5) is 11.4 Å². The second kappa shape index (κ2) is 9.00. The molecule has 3 rings (SSSR count). The van der Waals surface area contributed by atoms with Crippen LogP contribution in [0.1, 0.15) is 18.1 Å². The summed E-state index contributed by atoms with van der Waals surface area (Å²) in [4.78, 5) is 11.4. The normalized spacial score (nSPS) is 11.0. The van der Waals surface area contributed by atoms with Gasteiger partial charge in [-0.25, -0.2) is 8.42 Å². The summed E-state index contributed by atoms with van der Waals surface area (Å²) in [6, 6.07) is 20.8. The number of nitrogens with one attached hydrogen (secondary N) is 1. The number of sulfonamides is 1. The van der Waals surface area contributed by atoms with E-state index in [-0.39, 0.29) is 17.3 Å². The van der Waals surface area contributed by atoms with E-state index < -0.39 is 10.0 Å². The van der Waals surface area contributed by atoms with Crippen molar-refractivity contribution in [3.8, 4) is 5.75 Å². The molecule has 0 saturated heterocycles. The Kier molecular flexibility index (Phi) is 6.42. The summed E-state index contributed by atoms with van der Waals surface area (Å²) < 4.78 is 33.5. The van der Waals surface area contributed by atoms with Gasteiger partial charge in [0.2, 0.25) is 5.91 Å². The number of hydrogen-bond acceptors (Lipinski definition) is 4. The van der Waals surface area contributed by atoms with Gasteiger partial charge in [0.1, 0.15) is 5.75 Å². The van der Waals surface area contributed by atoms with E-state index in [2.05, 4.69) is 5.32 Å². The van der Waals surface area contributed by atoms with Crippen molar-refractivity contribution >= 4 is 27.3 Å². The minimum Gasteiger partial charge on any atom is -0.497 e. The van der Waals surface area contributed by atoms with Crippen molar-refractivity contribution in [1.29, 1.82) is 0 Å². The summed E-state index contributed by atoms with van der Waals surface area (Å²) in [5.74, 6) is 0.489. The molecule has 0 saturated carbocycles. The second-order valence-corrected chi connectivity index (χ2v) is 8.76. The van der Waals surface area contributed by atoms with Crippen LogP contribution in [0, 0.1) is 6.92 Å². The molecule has 0 spiro atoms. The quantitative estimate of drug-likeness (QED) is 0.612. The number of hydrogen-bond donors (Lipinski definition) is 1. The van der Waals surface area contributed by atoms with Gasteiger partial charge in [0, 0.05) is 12.6 Å². The maximum atomic E-state index is 13.5. The van der Waals surface area contributed by atoms with E-state index in [1.165, 1.54) is 23.4 Å². The average molecular weight is 425 g/mol. The van der Waals surface area contributed by atoms with Gasteiger partial charge < -0.3 is 10.1 Å². The molecule has 30 heavy (non-hydrogen) atoms. The van der Waals surface area contributed by atoms with Gasteiger partial charge in [-0.3, -0.25) is 9.10 Å². The second-order valence-electron chi connectivity index (χ2n) is 6.90. The van der Waals surface area contributed by atoms with Gasteiger partial charge in [-0.15, -0.1) is 0 Å². The number of nitrogens with zero attached hydrogens (tertiary/aromatic N) is 1. The van der Waals surface area contributed by atoms with Crippen LogP contribution < -0.4 is 14.4 Å². The Morgan fingerprint density at radius 3 is 2.07 bits per heavy atom. The number of amides is 1. The number of carbonyl (C=O) groups is 1. The molecule has 0 bridgehead atoms. The van der Waals surface area contributed by atoms with Gasteiger partial charge in [0.05, 0.1) is 24.2 Å². The molecule has 7 heteroatoms. The highest BCUT2D eigenvalue weighted by Crippen LogP contribution is 2.27. The largest absolute Gasteiger partial charge is 0.497 e. The van der Waals surface area contributed by atoms with Crippen molar-refractivity contribution in [3.63, 3.8) is 0 Å². The fourth-order valence-corrected chi connectivity index (χ4v) is 4.42. The SMILES string of the molecule is COc1ccc(CN(c2ccc(C)cc2)S(=O)(=O)c2ccc(NC(C)=O)cc2)cc1. The van der Waals surface area contributed by atoms with Crippen LogP contribution >= 0.6 is 0 Å². The monoisotopic (exact) mass is 424 g/mol. The molecule has 1 amide bonds. The molecule has 156 valence electrons. The van der Waals surface area contributed by atoms with Crippen LogP contribution in [-0.2, 0) is 21.4 Å². The van der Waals surface area contributed by atoms with Gasteiger partial charge in [-0.2, -0.15) is 0 Å². The number of rotatable bonds is 7. The topological polar surface area (TPSA) is 75.7 Å². The minimum atomic E-state index is -3.84. The lowest BCUT2D eigenvalue weighted by Crippen LogP contribution is -2.30. The highest BCUT2D eigenvalue weighted by atomic mass is 32.2. The zero-order valence-corrected chi connectivity index (χ0v) is 17.9. The van der Waals surface area contributed by atoms with Crippen molar-refractivity contribution in [2.45, 2.75) is 25.3 Å². The number of methoxy groups -OCH3 is 1. The molecule has 0 atom stereocenters. The van der Waals surface area contributed by atoms with Gasteiger partial charge >= 0.3 is 0 Å². The molecule has 3 aromatic rings. The lowest BCUT2D eigenvalue weighted by atomic mass is 10.2. The van der Waals surface area contributed by atoms with Crippen LogP contribution in [0.25, 0.3) is 0 Å². The third kappa shape index (κ3) is 4.99. The highest BCUT2D eigenvalue weighted by Gasteiger charge is 2.25. The van der Waals surface area contributed by atoms with E-state index in [1.807, 2.05) is 31.2 Å². The molecule has 3 aromatic carbocycles. The summed E-state index contributed by atoms with van der Waals surface area (Å²) in [5.41, 5.74) is 2.98. The third-order valence-electron chi connectivity index (χ3n) is 4.57. The van der Waals surface area contributed by atoms with Gasteiger partial charge in [-0.05, 0) is 61.0 Å². The lowest BCUT2D eigenvalue weighted by Gasteiger charge is -2.25. The van der Waals surface area contributed by atoms with Crippen molar-refractivity contribution in [3.05, 3.63) is 83.9 Å². The summed E-state index contributed by atoms with van der Waals surface area (Å²) in [6.07, 6.45) is 0. The van der Waals surface area contributed by atoms with E-state index in [0.29, 0.717) is 17.1 Å². The molecule has 0 aliphatic carbocycles. The Bertz CT molecular complexity index is 1110. The molecule has 0 unspecified atom stereocenters. The molecule has 0 aromatic heterocycles. The van der Waals surface area contributed by atoms with Gasteiger partial charge in [0.15, 0.2) is 0 Å². The van der Waals surface area contributed by atoms with Gasteiger partial charge in [0.25, 0.3) is 10.0 Å². The van der Waals surface area contributed by atoms with E-state index in [4.69, 9.17) is 4.74 Å². The Labute approximate surface area is 177 Å². The Balaban J connectivity index is 1.98. The van der Waals surface area contributed by atoms with Crippen molar-refractivity contribution in [2.75, 3.05) is 16.7 Å². The molecular weight excluding hydrogens is 400 g/mol. The Morgan fingerprint density at radius 1 is 0.933 bits per heavy atom. The predicted octanol–water partition coefficient (Wildman–Crippen LogP) is 4.36. The third-order valence-corrected chi connectivity index (χ3v) is 6.36. The maximum Gasteiger partial charge on any atom is 0.264 e. The van der Waals surface area contributed by atoms with Crippen LogP contribution in [0.2, 0.25) is 0 Å². The van der Waals surface area contributed by atoms with Crippen molar-refractivity contribution in [2.24, 2.45) is 0 Å². The first-order valence-corrected chi connectivity index (χ1v) is 10.8. The van der Waals surface area contributed by atoms with Crippen LogP contribution in [0.5, 0.6) is 5.75 Å². The fraction of sp³-hybridized carbons (Fsp3) is 0.174. The highest BCUT2D eigenvalue weighted by molar-refractivity contribution is 7.92. The van der Waals surface area contributed by atoms with Crippen LogP contribution in [-0.4, -0.2) is 21.4 Å². The first-order valence-electron chi connectivity index (χ1n) is 9.39.